The maximum absolute atomic E-state index is 12.0. The predicted molar refractivity (Wildman–Crippen MR) is 60.4 cm³/mol. The standard InChI is InChI=1S/C12H17F3N2/c1-2-9-5-4-8-17-11(9)10(16)6-3-7-12(13,14)15/h4-5,8,10H,2-3,6-7,16H2,1H3. The number of halogens is 3. The molecule has 2 nitrogen and oxygen atoms in total. The second kappa shape index (κ2) is 6.00. The molecule has 0 spiro atoms. The molecule has 5 heteroatoms. The molecule has 0 aliphatic carbocycles. The van der Waals surface area contributed by atoms with Crippen LogP contribution in [0.5, 0.6) is 0 Å². The van der Waals surface area contributed by atoms with E-state index in [0.29, 0.717) is 6.42 Å². The summed E-state index contributed by atoms with van der Waals surface area (Å²) in [4.78, 5) is 4.16. The molecule has 2 N–H and O–H groups in total. The van der Waals surface area contributed by atoms with Crippen LogP contribution in [0, 0.1) is 0 Å². The van der Waals surface area contributed by atoms with E-state index >= 15 is 0 Å². The third-order valence-corrected chi connectivity index (χ3v) is 2.63. The van der Waals surface area contributed by atoms with Gasteiger partial charge in [-0.2, -0.15) is 13.2 Å². The van der Waals surface area contributed by atoms with Crippen LogP contribution in [-0.2, 0) is 6.42 Å². The second-order valence-electron chi connectivity index (χ2n) is 4.02. The molecule has 0 aliphatic rings. The van der Waals surface area contributed by atoms with Crippen molar-refractivity contribution in [1.29, 1.82) is 0 Å². The Labute approximate surface area is 99.0 Å². The lowest BCUT2D eigenvalue weighted by atomic mass is 10.0. The lowest BCUT2D eigenvalue weighted by Gasteiger charge is -2.15. The van der Waals surface area contributed by atoms with E-state index < -0.39 is 18.6 Å². The summed E-state index contributed by atoms with van der Waals surface area (Å²) in [5.74, 6) is 0. The number of rotatable bonds is 5. The molecule has 1 heterocycles. The van der Waals surface area contributed by atoms with Crippen molar-refractivity contribution in [2.24, 2.45) is 5.73 Å². The quantitative estimate of drug-likeness (QED) is 0.865. The van der Waals surface area contributed by atoms with Gasteiger partial charge in [-0.15, -0.1) is 0 Å². The molecule has 1 aromatic rings. The van der Waals surface area contributed by atoms with Gasteiger partial charge in [0.05, 0.1) is 5.69 Å². The van der Waals surface area contributed by atoms with Crippen LogP contribution in [0.25, 0.3) is 0 Å². The molecular formula is C12H17F3N2. The van der Waals surface area contributed by atoms with Crippen molar-refractivity contribution in [2.75, 3.05) is 0 Å². The molecule has 0 amide bonds. The monoisotopic (exact) mass is 246 g/mol. The van der Waals surface area contributed by atoms with Crippen molar-refractivity contribution >= 4 is 0 Å². The molecule has 0 aromatic carbocycles. The van der Waals surface area contributed by atoms with E-state index in [4.69, 9.17) is 5.73 Å². The minimum absolute atomic E-state index is 0.0460. The first kappa shape index (κ1) is 14.0. The van der Waals surface area contributed by atoms with E-state index in [1.54, 1.807) is 6.20 Å². The van der Waals surface area contributed by atoms with Gasteiger partial charge in [0.1, 0.15) is 0 Å². The number of nitrogens with zero attached hydrogens (tertiary/aromatic N) is 1. The largest absolute Gasteiger partial charge is 0.389 e. The summed E-state index contributed by atoms with van der Waals surface area (Å²) in [5.41, 5.74) is 7.60. The van der Waals surface area contributed by atoms with Gasteiger partial charge in [-0.3, -0.25) is 4.98 Å². The van der Waals surface area contributed by atoms with Gasteiger partial charge in [0.25, 0.3) is 0 Å². The molecule has 0 aliphatic heterocycles. The van der Waals surface area contributed by atoms with Crippen LogP contribution in [0.3, 0.4) is 0 Å². The highest BCUT2D eigenvalue weighted by atomic mass is 19.4. The van der Waals surface area contributed by atoms with Gasteiger partial charge in [0, 0.05) is 18.7 Å². The van der Waals surface area contributed by atoms with Gasteiger partial charge in [-0.05, 0) is 30.9 Å². The van der Waals surface area contributed by atoms with Gasteiger partial charge in [-0.25, -0.2) is 0 Å². The van der Waals surface area contributed by atoms with Gasteiger partial charge >= 0.3 is 6.18 Å². The zero-order chi connectivity index (χ0) is 12.9. The number of aryl methyl sites for hydroxylation is 1. The number of nitrogens with two attached hydrogens (primary N) is 1. The van der Waals surface area contributed by atoms with Crippen molar-refractivity contribution in [2.45, 2.75) is 44.8 Å². The van der Waals surface area contributed by atoms with Crippen LogP contribution in [0.2, 0.25) is 0 Å². The third kappa shape index (κ3) is 4.73. The predicted octanol–water partition coefficient (Wildman–Crippen LogP) is 3.38. The van der Waals surface area contributed by atoms with E-state index in [2.05, 4.69) is 4.98 Å². The van der Waals surface area contributed by atoms with Crippen LogP contribution in [-0.4, -0.2) is 11.2 Å². The van der Waals surface area contributed by atoms with Crippen LogP contribution >= 0.6 is 0 Å². The number of hydrogen-bond donors (Lipinski definition) is 1. The highest BCUT2D eigenvalue weighted by molar-refractivity contribution is 5.22. The molecule has 96 valence electrons. The fraction of sp³-hybridized carbons (Fsp3) is 0.583. The van der Waals surface area contributed by atoms with E-state index in [0.717, 1.165) is 17.7 Å². The van der Waals surface area contributed by atoms with Crippen LogP contribution in [0.4, 0.5) is 13.2 Å². The number of aromatic nitrogens is 1. The van der Waals surface area contributed by atoms with Crippen molar-refractivity contribution < 1.29 is 13.2 Å². The zero-order valence-corrected chi connectivity index (χ0v) is 9.80. The summed E-state index contributed by atoms with van der Waals surface area (Å²) in [5, 5.41) is 0. The first-order valence-electron chi connectivity index (χ1n) is 5.70. The molecule has 1 unspecified atom stereocenters. The van der Waals surface area contributed by atoms with Crippen molar-refractivity contribution in [3.8, 4) is 0 Å². The normalized spacial score (nSPS) is 13.7. The number of pyridine rings is 1. The van der Waals surface area contributed by atoms with Gasteiger partial charge < -0.3 is 5.73 Å². The van der Waals surface area contributed by atoms with Crippen LogP contribution < -0.4 is 5.73 Å². The average molecular weight is 246 g/mol. The van der Waals surface area contributed by atoms with E-state index in [1.807, 2.05) is 19.1 Å². The number of hydrogen-bond acceptors (Lipinski definition) is 2. The van der Waals surface area contributed by atoms with Crippen molar-refractivity contribution in [3.63, 3.8) is 0 Å². The minimum Gasteiger partial charge on any atom is -0.323 e. The lowest BCUT2D eigenvalue weighted by Crippen LogP contribution is -2.16. The zero-order valence-electron chi connectivity index (χ0n) is 9.80. The minimum atomic E-state index is -4.10. The second-order valence-corrected chi connectivity index (χ2v) is 4.02. The fourth-order valence-electron chi connectivity index (χ4n) is 1.74. The SMILES string of the molecule is CCc1cccnc1C(N)CCCC(F)(F)F. The molecule has 1 rings (SSSR count). The highest BCUT2D eigenvalue weighted by Crippen LogP contribution is 2.25. The maximum atomic E-state index is 12.0. The molecule has 0 radical (unpaired) electrons. The molecule has 0 saturated heterocycles. The molecule has 17 heavy (non-hydrogen) atoms. The highest BCUT2D eigenvalue weighted by Gasteiger charge is 2.26. The summed E-state index contributed by atoms with van der Waals surface area (Å²) >= 11 is 0. The first-order valence-corrected chi connectivity index (χ1v) is 5.70. The van der Waals surface area contributed by atoms with Crippen molar-refractivity contribution in [3.05, 3.63) is 29.6 Å². The van der Waals surface area contributed by atoms with Crippen LogP contribution in [0.1, 0.15) is 43.5 Å². The summed E-state index contributed by atoms with van der Waals surface area (Å²) in [6.45, 7) is 1.98. The smallest absolute Gasteiger partial charge is 0.323 e. The molecule has 1 aromatic heterocycles. The van der Waals surface area contributed by atoms with Gasteiger partial charge in [-0.1, -0.05) is 13.0 Å². The molecule has 0 fully saturated rings. The topological polar surface area (TPSA) is 38.9 Å². The van der Waals surface area contributed by atoms with E-state index in [-0.39, 0.29) is 6.42 Å². The van der Waals surface area contributed by atoms with Gasteiger partial charge in [0.2, 0.25) is 0 Å². The summed E-state index contributed by atoms with van der Waals surface area (Å²) < 4.78 is 36.0. The molecule has 0 saturated carbocycles. The summed E-state index contributed by atoms with van der Waals surface area (Å²) in [7, 11) is 0. The maximum Gasteiger partial charge on any atom is 0.389 e. The molecule has 0 bridgehead atoms. The molecule has 1 atom stereocenters. The van der Waals surface area contributed by atoms with E-state index in [1.165, 1.54) is 0 Å². The van der Waals surface area contributed by atoms with Gasteiger partial charge in [0.15, 0.2) is 0 Å². The number of alkyl halides is 3. The Morgan fingerprint density at radius 1 is 1.41 bits per heavy atom. The Balaban J connectivity index is 2.55. The Kier molecular flexibility index (Phi) is 4.93. The fourth-order valence-corrected chi connectivity index (χ4v) is 1.74. The van der Waals surface area contributed by atoms with Crippen LogP contribution in [0.15, 0.2) is 18.3 Å². The summed E-state index contributed by atoms with van der Waals surface area (Å²) in [6.07, 6.45) is -2.12. The molecular weight excluding hydrogens is 229 g/mol. The lowest BCUT2D eigenvalue weighted by molar-refractivity contribution is -0.135. The van der Waals surface area contributed by atoms with E-state index in [9.17, 15) is 13.2 Å². The summed E-state index contributed by atoms with van der Waals surface area (Å²) in [6, 6.07) is 3.31. The Morgan fingerprint density at radius 2 is 2.12 bits per heavy atom. The first-order chi connectivity index (χ1) is 7.94. The third-order valence-electron chi connectivity index (χ3n) is 2.63. The average Bonchev–Trinajstić information content (AvgIpc) is 2.27. The van der Waals surface area contributed by atoms with Crippen molar-refractivity contribution in [1.82, 2.24) is 4.98 Å². The Morgan fingerprint density at radius 3 is 2.71 bits per heavy atom. The Hall–Kier alpha value is -1.10. The Bertz CT molecular complexity index is 350.